The fourth-order valence-corrected chi connectivity index (χ4v) is 6.52. The predicted molar refractivity (Wildman–Crippen MR) is 201 cm³/mol. The van der Waals surface area contributed by atoms with Gasteiger partial charge in [0.05, 0.1) is 31.2 Å². The zero-order valence-corrected chi connectivity index (χ0v) is 33.3. The number of nitrogens with zero attached hydrogens (tertiary/aromatic N) is 1. The second-order valence-electron chi connectivity index (χ2n) is 14.9. The number of carbonyl (C=O) groups is 7. The van der Waals surface area contributed by atoms with Crippen LogP contribution in [0, 0.1) is 29.6 Å². The third kappa shape index (κ3) is 12.7. The van der Waals surface area contributed by atoms with Gasteiger partial charge in [0.25, 0.3) is 0 Å². The number of carbonyl (C=O) groups excluding carboxylic acids is 7. The van der Waals surface area contributed by atoms with Gasteiger partial charge in [-0.3, -0.25) is 33.8 Å². The van der Waals surface area contributed by atoms with Crippen molar-refractivity contribution in [3.8, 4) is 0 Å². The van der Waals surface area contributed by atoms with E-state index in [1.807, 2.05) is 41.5 Å². The molecule has 0 aromatic rings. The van der Waals surface area contributed by atoms with Gasteiger partial charge in [-0.05, 0) is 44.4 Å². The molecular formula is C37H64N8O9. The molecule has 9 N–H and O–H groups in total. The molecule has 1 saturated heterocycles. The molecule has 0 radical (unpaired) electrons. The van der Waals surface area contributed by atoms with E-state index in [0.29, 0.717) is 19.3 Å². The molecule has 0 bridgehead atoms. The van der Waals surface area contributed by atoms with E-state index < -0.39 is 96.6 Å². The highest BCUT2D eigenvalue weighted by atomic mass is 16.5. The van der Waals surface area contributed by atoms with Crippen LogP contribution in [0.25, 0.3) is 0 Å². The summed E-state index contributed by atoms with van der Waals surface area (Å²) in [5.41, 5.74) is 5.74. The lowest BCUT2D eigenvalue weighted by Gasteiger charge is -2.30. The van der Waals surface area contributed by atoms with Gasteiger partial charge in [0.1, 0.15) is 30.3 Å². The first-order valence-electron chi connectivity index (χ1n) is 19.3. The molecule has 2 aliphatic heterocycles. The van der Waals surface area contributed by atoms with Crippen molar-refractivity contribution in [3.63, 3.8) is 0 Å². The largest absolute Gasteiger partial charge is 0.458 e. The van der Waals surface area contributed by atoms with E-state index >= 15 is 0 Å². The monoisotopic (exact) mass is 764 g/mol. The maximum Gasteiger partial charge on any atom is 0.329 e. The van der Waals surface area contributed by atoms with Crippen LogP contribution in [0.5, 0.6) is 0 Å². The summed E-state index contributed by atoms with van der Waals surface area (Å²) in [6, 6.07) is -6.39. The molecule has 2 aliphatic rings. The lowest BCUT2D eigenvalue weighted by molar-refractivity contribution is -0.157. The number of hydrogen-bond donors (Lipinski definition) is 8. The Morgan fingerprint density at radius 1 is 0.870 bits per heavy atom. The summed E-state index contributed by atoms with van der Waals surface area (Å²) in [6.07, 6.45) is 0.679. The SMILES string of the molecule is CC[C@H](C)[C@H](NC(=O)[C@H](CC)[C@@H](C)CC)C(=O)C[C@@H](CO)C(=O)N[C@H]1C(=O)N[C@@H](C)C(=O)N[C@@H](C[C@H]2CN=C(N)N2)C(=O)N[C@@H]([C@@H](C)CC)C(=O)O[C@H]1C. The van der Waals surface area contributed by atoms with Gasteiger partial charge in [0, 0.05) is 12.3 Å². The Labute approximate surface area is 318 Å². The Morgan fingerprint density at radius 3 is 2.06 bits per heavy atom. The van der Waals surface area contributed by atoms with Crippen molar-refractivity contribution in [2.45, 2.75) is 143 Å². The second kappa shape index (κ2) is 21.6. The lowest BCUT2D eigenvalue weighted by atomic mass is 9.86. The number of aliphatic imine (C=N–C) groups is 1. The summed E-state index contributed by atoms with van der Waals surface area (Å²) in [5, 5.41) is 26.5. The Balaban J connectivity index is 2.37. The number of aliphatic hydroxyl groups is 1. The molecule has 1 fully saturated rings. The number of Topliss-reactive ketones (excluding diaryl/α,β-unsaturated/α-hetero) is 1. The molecule has 2 heterocycles. The van der Waals surface area contributed by atoms with Crippen molar-refractivity contribution >= 4 is 47.2 Å². The number of esters is 1. The Morgan fingerprint density at radius 2 is 1.52 bits per heavy atom. The molecule has 2 rings (SSSR count). The molecule has 17 nitrogen and oxygen atoms in total. The fourth-order valence-electron chi connectivity index (χ4n) is 6.52. The lowest BCUT2D eigenvalue weighted by Crippen LogP contribution is -2.59. The fraction of sp³-hybridized carbons (Fsp3) is 0.784. The van der Waals surface area contributed by atoms with Crippen LogP contribution in [0.2, 0.25) is 0 Å². The van der Waals surface area contributed by atoms with Gasteiger partial charge in [0.15, 0.2) is 11.7 Å². The number of hydrogen-bond acceptors (Lipinski definition) is 12. The smallest absolute Gasteiger partial charge is 0.329 e. The highest BCUT2D eigenvalue weighted by Gasteiger charge is 2.40. The first-order valence-corrected chi connectivity index (χ1v) is 19.3. The predicted octanol–water partition coefficient (Wildman–Crippen LogP) is -0.216. The summed E-state index contributed by atoms with van der Waals surface area (Å²) < 4.78 is 5.70. The van der Waals surface area contributed by atoms with Crippen molar-refractivity contribution in [2.24, 2.45) is 40.3 Å². The second-order valence-corrected chi connectivity index (χ2v) is 14.9. The Hall–Kier alpha value is -4.28. The number of rotatable bonds is 17. The molecule has 0 unspecified atom stereocenters. The molecule has 12 atom stereocenters. The summed E-state index contributed by atoms with van der Waals surface area (Å²) >= 11 is 0. The number of ketones is 1. The molecule has 5 amide bonds. The first-order chi connectivity index (χ1) is 25.4. The maximum atomic E-state index is 13.7. The van der Waals surface area contributed by atoms with Gasteiger partial charge in [-0.15, -0.1) is 0 Å². The van der Waals surface area contributed by atoms with Crippen LogP contribution >= 0.6 is 0 Å². The highest BCUT2D eigenvalue weighted by Crippen LogP contribution is 2.22. The van der Waals surface area contributed by atoms with E-state index in [-0.39, 0.29) is 48.6 Å². The van der Waals surface area contributed by atoms with Gasteiger partial charge < -0.3 is 47.5 Å². The van der Waals surface area contributed by atoms with E-state index in [9.17, 15) is 38.7 Å². The van der Waals surface area contributed by atoms with Crippen LogP contribution in [-0.2, 0) is 38.3 Å². The number of nitrogens with two attached hydrogens (primary N) is 1. The quantitative estimate of drug-likeness (QED) is 0.0899. The van der Waals surface area contributed by atoms with Crippen LogP contribution in [0.4, 0.5) is 0 Å². The van der Waals surface area contributed by atoms with Crippen LogP contribution in [-0.4, -0.2) is 108 Å². The van der Waals surface area contributed by atoms with E-state index in [0.717, 1.165) is 6.42 Å². The van der Waals surface area contributed by atoms with Crippen molar-refractivity contribution < 1.29 is 43.4 Å². The van der Waals surface area contributed by atoms with Crippen molar-refractivity contribution in [2.75, 3.05) is 13.2 Å². The zero-order valence-electron chi connectivity index (χ0n) is 33.3. The van der Waals surface area contributed by atoms with Crippen molar-refractivity contribution in [1.82, 2.24) is 31.9 Å². The zero-order chi connectivity index (χ0) is 40.9. The average Bonchev–Trinajstić information content (AvgIpc) is 3.55. The van der Waals surface area contributed by atoms with E-state index in [1.54, 1.807) is 6.92 Å². The topological polar surface area (TPSA) is 260 Å². The summed E-state index contributed by atoms with van der Waals surface area (Å²) in [4.78, 5) is 99.0. The van der Waals surface area contributed by atoms with Gasteiger partial charge in [-0.2, -0.15) is 0 Å². The molecule has 0 spiro atoms. The molecule has 0 aromatic heterocycles. The van der Waals surface area contributed by atoms with Gasteiger partial charge >= 0.3 is 5.97 Å². The molecule has 306 valence electrons. The van der Waals surface area contributed by atoms with Gasteiger partial charge in [-0.1, -0.05) is 67.7 Å². The van der Waals surface area contributed by atoms with Crippen LogP contribution < -0.4 is 37.6 Å². The first kappa shape index (κ1) is 45.9. The minimum absolute atomic E-state index is 0.0691. The van der Waals surface area contributed by atoms with Crippen LogP contribution in [0.15, 0.2) is 4.99 Å². The van der Waals surface area contributed by atoms with Crippen molar-refractivity contribution in [1.29, 1.82) is 0 Å². The summed E-state index contributed by atoms with van der Waals surface area (Å²) in [7, 11) is 0. The number of aliphatic hydroxyl groups excluding tert-OH is 1. The van der Waals surface area contributed by atoms with Crippen LogP contribution in [0.1, 0.15) is 101 Å². The van der Waals surface area contributed by atoms with E-state index in [1.165, 1.54) is 13.8 Å². The molecule has 54 heavy (non-hydrogen) atoms. The van der Waals surface area contributed by atoms with Gasteiger partial charge in [-0.25, -0.2) is 4.79 Å². The molecule has 17 heteroatoms. The number of nitrogens with one attached hydrogen (secondary N) is 6. The summed E-state index contributed by atoms with van der Waals surface area (Å²) in [5.74, 6) is -6.76. The Bertz CT molecular complexity index is 1380. The maximum absolute atomic E-state index is 13.7. The van der Waals surface area contributed by atoms with E-state index in [2.05, 4.69) is 36.9 Å². The van der Waals surface area contributed by atoms with E-state index in [4.69, 9.17) is 10.5 Å². The third-order valence-electron chi connectivity index (χ3n) is 10.9. The minimum Gasteiger partial charge on any atom is -0.458 e. The number of guanidine groups is 1. The highest BCUT2D eigenvalue weighted by molar-refractivity contribution is 5.97. The summed E-state index contributed by atoms with van der Waals surface area (Å²) in [6.45, 7) is 15.4. The number of ether oxygens (including phenoxy) is 1. The minimum atomic E-state index is -1.57. The number of amides is 5. The normalized spacial score (nSPS) is 27.3. The van der Waals surface area contributed by atoms with Gasteiger partial charge in [0.2, 0.25) is 29.5 Å². The standard InChI is InChI=1S/C37H64N8O9/c1-10-18(5)25(13-4)33(50)43-28(19(6)11-2)27(47)14-23(17-46)32(49)45-30-22(9)54-36(53)29(20(7)12-3)44-34(51)26(15-24-16-39-37(38)41-24)42-31(48)21(8)40-35(30)52/h18-26,28-30,46H,10-17H2,1-9H3,(H,40,52)(H,42,48)(H,43,50)(H,44,51)(H,45,49)(H3,38,39,41)/t18-,19-,20-,21-,22-,23-,24-,25+,26-,28-,29-,30+/m0/s1. The van der Waals surface area contributed by atoms with Crippen molar-refractivity contribution in [3.05, 3.63) is 0 Å². The molecule has 0 saturated carbocycles. The molecule has 0 aromatic carbocycles. The van der Waals surface area contributed by atoms with Crippen LogP contribution in [0.3, 0.4) is 0 Å². The molecular weight excluding hydrogens is 700 g/mol. The Kier molecular flexibility index (Phi) is 18.3. The molecule has 0 aliphatic carbocycles. The number of cyclic esters (lactones) is 1. The average molecular weight is 765 g/mol. The third-order valence-corrected chi connectivity index (χ3v) is 10.9.